The summed E-state index contributed by atoms with van der Waals surface area (Å²) in [5, 5.41) is 5.47. The summed E-state index contributed by atoms with van der Waals surface area (Å²) in [6, 6.07) is 0. The van der Waals surface area contributed by atoms with Gasteiger partial charge in [-0.2, -0.15) is 0 Å². The van der Waals surface area contributed by atoms with Crippen molar-refractivity contribution in [3.8, 4) is 0 Å². The van der Waals surface area contributed by atoms with E-state index in [1.807, 2.05) is 0 Å². The SMILES string of the molecule is CC(C)(C)NS(=O)(=O)CC(c1nccs1)S(N)(=O)=O. The van der Waals surface area contributed by atoms with E-state index in [4.69, 9.17) is 5.14 Å². The largest absolute Gasteiger partial charge is 0.248 e. The Labute approximate surface area is 117 Å². The smallest absolute Gasteiger partial charge is 0.219 e. The molecule has 0 spiro atoms. The van der Waals surface area contributed by atoms with Crippen LogP contribution in [0.25, 0.3) is 0 Å². The predicted octanol–water partition coefficient (Wildman–Crippen LogP) is 0.191. The van der Waals surface area contributed by atoms with Gasteiger partial charge < -0.3 is 0 Å². The topological polar surface area (TPSA) is 119 Å². The van der Waals surface area contributed by atoms with Crippen molar-refractivity contribution in [2.45, 2.75) is 31.6 Å². The first-order valence-electron chi connectivity index (χ1n) is 5.33. The zero-order valence-corrected chi connectivity index (χ0v) is 13.3. The lowest BCUT2D eigenvalue weighted by Crippen LogP contribution is -2.44. The van der Waals surface area contributed by atoms with E-state index in [1.165, 1.54) is 6.20 Å². The minimum absolute atomic E-state index is 0.168. The van der Waals surface area contributed by atoms with E-state index in [1.54, 1.807) is 26.2 Å². The van der Waals surface area contributed by atoms with Gasteiger partial charge in [-0.15, -0.1) is 11.3 Å². The Hall–Kier alpha value is -0.550. The van der Waals surface area contributed by atoms with Crippen LogP contribution in [0.2, 0.25) is 0 Å². The van der Waals surface area contributed by atoms with Crippen molar-refractivity contribution < 1.29 is 16.8 Å². The van der Waals surface area contributed by atoms with Gasteiger partial charge in [-0.1, -0.05) is 0 Å². The number of nitrogens with zero attached hydrogens (tertiary/aromatic N) is 1. The van der Waals surface area contributed by atoms with Crippen LogP contribution < -0.4 is 9.86 Å². The van der Waals surface area contributed by atoms with Crippen LogP contribution in [0.4, 0.5) is 0 Å². The Kier molecular flexibility index (Phi) is 4.73. The van der Waals surface area contributed by atoms with Gasteiger partial charge in [0.05, 0.1) is 5.75 Å². The highest BCUT2D eigenvalue weighted by molar-refractivity contribution is 7.93. The van der Waals surface area contributed by atoms with Crippen LogP contribution in [0.5, 0.6) is 0 Å². The van der Waals surface area contributed by atoms with Crippen LogP contribution in [0.3, 0.4) is 0 Å². The quantitative estimate of drug-likeness (QED) is 0.800. The highest BCUT2D eigenvalue weighted by Crippen LogP contribution is 2.24. The van der Waals surface area contributed by atoms with Gasteiger partial charge in [0.25, 0.3) is 0 Å². The van der Waals surface area contributed by atoms with Gasteiger partial charge in [-0.05, 0) is 20.8 Å². The lowest BCUT2D eigenvalue weighted by Gasteiger charge is -2.22. The average molecular weight is 327 g/mol. The number of rotatable bonds is 5. The number of nitrogens with one attached hydrogen (secondary N) is 1. The standard InChI is InChI=1S/C9H17N3O4S3/c1-9(2,3)12-18(13,14)6-7(19(10,15)16)8-11-4-5-17-8/h4-5,7,12H,6H2,1-3H3,(H2,10,15,16). The number of primary sulfonamides is 1. The molecule has 110 valence electrons. The van der Waals surface area contributed by atoms with Crippen LogP contribution in [0, 0.1) is 0 Å². The number of nitrogens with two attached hydrogens (primary N) is 1. The average Bonchev–Trinajstić information content (AvgIpc) is 2.60. The second-order valence-electron chi connectivity index (χ2n) is 5.08. The molecule has 0 saturated carbocycles. The Morgan fingerprint density at radius 2 is 1.95 bits per heavy atom. The molecule has 1 unspecified atom stereocenters. The first-order chi connectivity index (χ1) is 8.41. The van der Waals surface area contributed by atoms with E-state index < -0.39 is 36.6 Å². The minimum atomic E-state index is -4.05. The fourth-order valence-electron chi connectivity index (χ4n) is 1.41. The third kappa shape index (κ3) is 5.53. The Bertz CT molecular complexity index is 614. The summed E-state index contributed by atoms with van der Waals surface area (Å²) in [6.45, 7) is 5.00. The van der Waals surface area contributed by atoms with E-state index in [2.05, 4.69) is 9.71 Å². The third-order valence-electron chi connectivity index (χ3n) is 1.96. The van der Waals surface area contributed by atoms with Crippen molar-refractivity contribution in [1.29, 1.82) is 0 Å². The Morgan fingerprint density at radius 3 is 2.32 bits per heavy atom. The van der Waals surface area contributed by atoms with E-state index in [9.17, 15) is 16.8 Å². The molecule has 0 radical (unpaired) electrons. The molecule has 0 aliphatic carbocycles. The summed E-state index contributed by atoms with van der Waals surface area (Å²) in [5.74, 6) is -0.642. The first-order valence-corrected chi connectivity index (χ1v) is 9.47. The number of sulfonamides is 2. The molecular formula is C9H17N3O4S3. The van der Waals surface area contributed by atoms with Gasteiger partial charge >= 0.3 is 0 Å². The molecule has 0 aliphatic heterocycles. The van der Waals surface area contributed by atoms with Crippen molar-refractivity contribution in [3.05, 3.63) is 16.6 Å². The highest BCUT2D eigenvalue weighted by atomic mass is 32.2. The van der Waals surface area contributed by atoms with Gasteiger partial charge in [0.2, 0.25) is 20.0 Å². The summed E-state index contributed by atoms with van der Waals surface area (Å²) in [6.07, 6.45) is 1.40. The molecule has 19 heavy (non-hydrogen) atoms. The molecular weight excluding hydrogens is 310 g/mol. The van der Waals surface area contributed by atoms with Crippen LogP contribution >= 0.6 is 11.3 Å². The molecule has 0 fully saturated rings. The number of aromatic nitrogens is 1. The van der Waals surface area contributed by atoms with Crippen molar-refractivity contribution in [3.63, 3.8) is 0 Å². The lowest BCUT2D eigenvalue weighted by molar-refractivity contribution is 0.490. The zero-order valence-electron chi connectivity index (χ0n) is 10.8. The highest BCUT2D eigenvalue weighted by Gasteiger charge is 2.33. The zero-order chi connectivity index (χ0) is 14.9. The maximum atomic E-state index is 11.9. The lowest BCUT2D eigenvalue weighted by atomic mass is 10.1. The molecule has 1 heterocycles. The summed E-state index contributed by atoms with van der Waals surface area (Å²) < 4.78 is 49.3. The van der Waals surface area contributed by atoms with Crippen molar-refractivity contribution in [1.82, 2.24) is 9.71 Å². The van der Waals surface area contributed by atoms with E-state index in [0.717, 1.165) is 11.3 Å². The van der Waals surface area contributed by atoms with Gasteiger partial charge in [-0.3, -0.25) is 0 Å². The fraction of sp³-hybridized carbons (Fsp3) is 0.667. The van der Waals surface area contributed by atoms with Gasteiger partial charge in [0.1, 0.15) is 10.3 Å². The number of hydrogen-bond donors (Lipinski definition) is 2. The number of hydrogen-bond acceptors (Lipinski definition) is 6. The summed E-state index contributed by atoms with van der Waals surface area (Å²) in [5.41, 5.74) is -0.690. The Balaban J connectivity index is 3.05. The fourth-order valence-corrected chi connectivity index (χ4v) is 5.91. The van der Waals surface area contributed by atoms with Crippen molar-refractivity contribution in [2.75, 3.05) is 5.75 Å². The van der Waals surface area contributed by atoms with E-state index in [-0.39, 0.29) is 5.01 Å². The van der Waals surface area contributed by atoms with Gasteiger partial charge in [0, 0.05) is 17.1 Å². The van der Waals surface area contributed by atoms with Crippen molar-refractivity contribution in [2.24, 2.45) is 5.14 Å². The van der Waals surface area contributed by atoms with E-state index >= 15 is 0 Å². The van der Waals surface area contributed by atoms with Crippen LogP contribution in [-0.4, -0.2) is 33.1 Å². The minimum Gasteiger partial charge on any atom is -0.248 e. The third-order valence-corrected chi connectivity index (χ3v) is 6.08. The molecule has 0 bridgehead atoms. The molecule has 1 aromatic heterocycles. The summed E-state index contributed by atoms with van der Waals surface area (Å²) >= 11 is 1.05. The molecule has 10 heteroatoms. The molecule has 0 aliphatic rings. The van der Waals surface area contributed by atoms with Gasteiger partial charge in [0.15, 0.2) is 0 Å². The molecule has 7 nitrogen and oxygen atoms in total. The molecule has 0 amide bonds. The second-order valence-corrected chi connectivity index (χ2v) is 9.52. The molecule has 3 N–H and O–H groups in total. The number of thiazole rings is 1. The van der Waals surface area contributed by atoms with Crippen LogP contribution in [-0.2, 0) is 20.0 Å². The first kappa shape index (κ1) is 16.5. The maximum Gasteiger partial charge on any atom is 0.219 e. The predicted molar refractivity (Wildman–Crippen MR) is 74.6 cm³/mol. The monoisotopic (exact) mass is 327 g/mol. The maximum absolute atomic E-state index is 11.9. The molecule has 1 aromatic rings. The summed E-state index contributed by atoms with van der Waals surface area (Å²) in [4.78, 5) is 3.83. The molecule has 1 rings (SSSR count). The van der Waals surface area contributed by atoms with Gasteiger partial charge in [-0.25, -0.2) is 31.7 Å². The second kappa shape index (κ2) is 5.44. The molecule has 0 saturated heterocycles. The van der Waals surface area contributed by atoms with E-state index in [0.29, 0.717) is 0 Å². The summed E-state index contributed by atoms with van der Waals surface area (Å²) in [7, 11) is -7.84. The normalized spacial score (nSPS) is 15.4. The molecule has 0 aromatic carbocycles. The Morgan fingerprint density at radius 1 is 1.37 bits per heavy atom. The van der Waals surface area contributed by atoms with Crippen LogP contribution in [0.1, 0.15) is 31.0 Å². The van der Waals surface area contributed by atoms with Crippen LogP contribution in [0.15, 0.2) is 11.6 Å². The van der Waals surface area contributed by atoms with Crippen molar-refractivity contribution >= 4 is 31.4 Å². The molecule has 1 atom stereocenters.